The molecule has 0 radical (unpaired) electrons. The molecular formula is C3H7Ga. The largest absolute Gasteiger partial charge is 1.00 e. The van der Waals surface area contributed by atoms with Crippen LogP contribution < -0.4 is 0 Å². The molecule has 4 heavy (non-hydrogen) atoms. The van der Waals surface area contributed by atoms with Gasteiger partial charge in [-0.1, -0.05) is 0 Å². The van der Waals surface area contributed by atoms with Crippen LogP contribution in [0, 0.1) is 0 Å². The molecule has 1 heteroatoms. The average Bonchev–Trinajstić information content (AvgIpc) is 1.37. The van der Waals surface area contributed by atoms with E-state index in [1.807, 2.05) is 6.08 Å². The third kappa shape index (κ3) is 2.38. The van der Waals surface area contributed by atoms with Gasteiger partial charge in [0.1, 0.15) is 0 Å². The fourth-order valence-electron chi connectivity index (χ4n) is 0. The molecule has 0 aliphatic carbocycles. The van der Waals surface area contributed by atoms with Gasteiger partial charge in [0, 0.05) is 0 Å². The van der Waals surface area contributed by atoms with Crippen molar-refractivity contribution in [1.82, 2.24) is 0 Å². The summed E-state index contributed by atoms with van der Waals surface area (Å²) in [6.07, 6.45) is 1.90. The Bertz CT molecular complexity index is 22.8. The Morgan fingerprint density at radius 1 is 2.25 bits per heavy atom. The molecule has 0 heterocycles. The van der Waals surface area contributed by atoms with E-state index in [0.29, 0.717) is 0 Å². The van der Waals surface area contributed by atoms with Crippen LogP contribution in [0.15, 0.2) is 12.7 Å². The summed E-state index contributed by atoms with van der Waals surface area (Å²) in [5, 5.41) is 0. The smallest absolute Gasteiger partial charge is 1.00 e. The zero-order chi connectivity index (χ0) is 3.41. The number of rotatable bonds is 1. The number of allylic oxidation sites excluding steroid dienone is 1. The molecule has 0 aliphatic heterocycles. The Morgan fingerprint density at radius 2 is 2.50 bits per heavy atom. The van der Waals surface area contributed by atoms with Gasteiger partial charge in [-0.3, -0.25) is 0 Å². The molecule has 0 saturated heterocycles. The summed E-state index contributed by atoms with van der Waals surface area (Å²) in [6.45, 7) is 3.49. The topological polar surface area (TPSA) is 0 Å². The maximum atomic E-state index is 3.49. The van der Waals surface area contributed by atoms with E-state index < -0.39 is 0 Å². The van der Waals surface area contributed by atoms with E-state index in [4.69, 9.17) is 0 Å². The minimum absolute atomic E-state index is 0. The van der Waals surface area contributed by atoms with Crippen LogP contribution in [0.3, 0.4) is 0 Å². The number of hydrogen-bond donors (Lipinski definition) is 0. The van der Waals surface area contributed by atoms with Gasteiger partial charge in [0.05, 0.1) is 0 Å². The van der Waals surface area contributed by atoms with Gasteiger partial charge < -0.3 is 2.85 Å². The van der Waals surface area contributed by atoms with Crippen molar-refractivity contribution in [2.45, 2.75) is 4.98 Å². The summed E-state index contributed by atoms with van der Waals surface area (Å²) in [7, 11) is 0. The van der Waals surface area contributed by atoms with E-state index in [2.05, 4.69) is 6.58 Å². The SMILES string of the molecule is C=C[CH2][Ga+2].[H-].[H-]. The molecule has 0 unspecified atom stereocenters. The van der Waals surface area contributed by atoms with Gasteiger partial charge in [-0.2, -0.15) is 0 Å². The molecule has 0 N–H and O–H groups in total. The minimum Gasteiger partial charge on any atom is -1.00 e. The molecule has 0 bridgehead atoms. The zero-order valence-electron chi connectivity index (χ0n) is 4.57. The monoisotopic (exact) mass is 112 g/mol. The van der Waals surface area contributed by atoms with Gasteiger partial charge in [0.15, 0.2) is 0 Å². The van der Waals surface area contributed by atoms with Crippen molar-refractivity contribution in [2.24, 2.45) is 0 Å². The Labute approximate surface area is 39.8 Å². The average molecular weight is 113 g/mol. The van der Waals surface area contributed by atoms with Crippen LogP contribution in [0.2, 0.25) is 4.98 Å². The first-order valence-electron chi connectivity index (χ1n) is 1.22. The van der Waals surface area contributed by atoms with Crippen molar-refractivity contribution in [2.75, 3.05) is 0 Å². The van der Waals surface area contributed by atoms with Gasteiger partial charge in [-0.05, 0) is 0 Å². The Kier molecular flexibility index (Phi) is 3.69. The van der Waals surface area contributed by atoms with Crippen molar-refractivity contribution in [3.8, 4) is 0 Å². The van der Waals surface area contributed by atoms with Crippen molar-refractivity contribution in [3.63, 3.8) is 0 Å². The van der Waals surface area contributed by atoms with Crippen molar-refractivity contribution in [1.29, 1.82) is 0 Å². The molecule has 0 amide bonds. The summed E-state index contributed by atoms with van der Waals surface area (Å²) >= 11 is 1.71. The van der Waals surface area contributed by atoms with Crippen LogP contribution in [-0.4, -0.2) is 18.6 Å². The van der Waals surface area contributed by atoms with Crippen LogP contribution in [0.5, 0.6) is 0 Å². The zero-order valence-corrected chi connectivity index (χ0v) is 4.99. The summed E-state index contributed by atoms with van der Waals surface area (Å²) < 4.78 is 0. The van der Waals surface area contributed by atoms with Crippen LogP contribution in [0.4, 0.5) is 0 Å². The first-order chi connectivity index (χ1) is 1.91. The predicted octanol–water partition coefficient (Wildman–Crippen LogP) is 0.984. The second-order valence-corrected chi connectivity index (χ2v) is 1.51. The molecule has 0 aromatic carbocycles. The number of hydrogen-bond acceptors (Lipinski definition) is 0. The Balaban J connectivity index is -0.0000000450. The molecule has 0 atom stereocenters. The third-order valence-corrected chi connectivity index (χ3v) is 0.866. The van der Waals surface area contributed by atoms with Crippen LogP contribution in [0.1, 0.15) is 2.85 Å². The minimum atomic E-state index is 0. The van der Waals surface area contributed by atoms with Crippen LogP contribution >= 0.6 is 0 Å². The molecule has 22 valence electrons. The molecule has 0 spiro atoms. The molecule has 0 aromatic rings. The maximum Gasteiger partial charge on any atom is -1.00 e. The summed E-state index contributed by atoms with van der Waals surface area (Å²) in [4.78, 5) is 1.15. The van der Waals surface area contributed by atoms with Gasteiger partial charge in [0.2, 0.25) is 0 Å². The predicted molar refractivity (Wildman–Crippen MR) is 23.0 cm³/mol. The fourth-order valence-corrected chi connectivity index (χ4v) is 0. The fraction of sp³-hybridized carbons (Fsp3) is 0.333. The van der Waals surface area contributed by atoms with Crippen molar-refractivity contribution < 1.29 is 2.85 Å². The van der Waals surface area contributed by atoms with Gasteiger partial charge >= 0.3 is 36.2 Å². The second kappa shape index (κ2) is 3.38. The summed E-state index contributed by atoms with van der Waals surface area (Å²) in [6, 6.07) is 0. The second-order valence-electron chi connectivity index (χ2n) is 0.524. The van der Waals surface area contributed by atoms with Gasteiger partial charge in [-0.15, -0.1) is 0 Å². The quantitative estimate of drug-likeness (QED) is 0.351. The van der Waals surface area contributed by atoms with Crippen molar-refractivity contribution >= 4 is 18.6 Å². The van der Waals surface area contributed by atoms with E-state index in [-0.39, 0.29) is 2.85 Å². The van der Waals surface area contributed by atoms with E-state index in [1.54, 1.807) is 18.6 Å². The maximum absolute atomic E-state index is 3.49. The molecule has 0 aliphatic rings. The van der Waals surface area contributed by atoms with Crippen LogP contribution in [0.25, 0.3) is 0 Å². The van der Waals surface area contributed by atoms with E-state index in [9.17, 15) is 0 Å². The molecule has 0 nitrogen and oxygen atoms in total. The van der Waals surface area contributed by atoms with E-state index >= 15 is 0 Å². The first-order valence-corrected chi connectivity index (χ1v) is 2.94. The summed E-state index contributed by atoms with van der Waals surface area (Å²) in [5.41, 5.74) is 0. The third-order valence-electron chi connectivity index (χ3n) is 0.167. The van der Waals surface area contributed by atoms with Gasteiger partial charge in [0.25, 0.3) is 0 Å². The van der Waals surface area contributed by atoms with Gasteiger partial charge in [-0.25, -0.2) is 0 Å². The van der Waals surface area contributed by atoms with Crippen molar-refractivity contribution in [3.05, 3.63) is 12.7 Å². The van der Waals surface area contributed by atoms with Crippen LogP contribution in [-0.2, 0) is 0 Å². The molecule has 0 aromatic heterocycles. The Hall–Kier alpha value is 0.376. The molecule has 0 fully saturated rings. The Morgan fingerprint density at radius 3 is 2.50 bits per heavy atom. The van der Waals surface area contributed by atoms with E-state index in [1.165, 1.54) is 0 Å². The first kappa shape index (κ1) is 4.38. The molecule has 0 rings (SSSR count). The normalized spacial score (nSPS) is 6.50. The molecular weight excluding hydrogens is 106 g/mol. The summed E-state index contributed by atoms with van der Waals surface area (Å²) in [5.74, 6) is 0. The standard InChI is InChI=1S/C3H5.Ga.2H/c1-3-2;;;/h3H,1-2H2;;;/q;+2;2*-1. The van der Waals surface area contributed by atoms with E-state index in [0.717, 1.165) is 4.98 Å². The molecule has 0 saturated carbocycles.